The highest BCUT2D eigenvalue weighted by Gasteiger charge is 2.57. The molecular weight excluding hydrogens is 1670 g/mol. The van der Waals surface area contributed by atoms with Crippen molar-refractivity contribution in [3.05, 3.63) is 0 Å². The van der Waals surface area contributed by atoms with Crippen molar-refractivity contribution in [3.63, 3.8) is 0 Å². The number of thiocarbonyl (C=S) groups is 3. The average molecular weight is 1780 g/mol. The van der Waals surface area contributed by atoms with Crippen LogP contribution in [0.5, 0.6) is 0 Å². The van der Waals surface area contributed by atoms with E-state index in [-0.39, 0.29) is 46.7 Å². The molecule has 4 fully saturated rings. The molecule has 4 heterocycles. The normalized spacial score (nSPS) is 25.3. The van der Waals surface area contributed by atoms with Crippen LogP contribution in [0.4, 0.5) is 0 Å². The number of nitrogens with one attached hydrogen (secondary N) is 10. The van der Waals surface area contributed by atoms with Crippen molar-refractivity contribution in [2.24, 2.45) is 11.7 Å². The number of carbonyl (C=O) groups excluding carboxylic acids is 17. The Balaban J connectivity index is 2.04. The van der Waals surface area contributed by atoms with Gasteiger partial charge < -0.3 is 135 Å². The maximum Gasteiger partial charge on any atom is 0.303 e. The number of primary amides is 1. The summed E-state index contributed by atoms with van der Waals surface area (Å²) in [6.07, 6.45) is -24.9. The number of rotatable bonds is 42. The van der Waals surface area contributed by atoms with Gasteiger partial charge in [0.1, 0.15) is 85.9 Å². The first-order valence-electron chi connectivity index (χ1n) is 38.3. The van der Waals surface area contributed by atoms with E-state index >= 15 is 14.4 Å². The molecule has 0 bridgehead atoms. The van der Waals surface area contributed by atoms with E-state index in [4.69, 9.17) is 109 Å². The molecule has 13 N–H and O–H groups in total. The van der Waals surface area contributed by atoms with Crippen LogP contribution in [-0.4, -0.2) is 312 Å². The first kappa shape index (κ1) is 103. The van der Waals surface area contributed by atoms with Gasteiger partial charge in [0.05, 0.1) is 46.9 Å². The van der Waals surface area contributed by atoms with Gasteiger partial charge >= 0.3 is 53.7 Å². The number of aliphatic carboxylic acids is 1. The van der Waals surface area contributed by atoms with Crippen molar-refractivity contribution in [3.8, 4) is 0 Å². The quantitative estimate of drug-likeness (QED) is 0.0156. The van der Waals surface area contributed by atoms with Crippen molar-refractivity contribution < 1.29 is 158 Å². The highest BCUT2D eigenvalue weighted by Crippen LogP contribution is 2.34. The van der Waals surface area contributed by atoms with Gasteiger partial charge in [-0.05, 0) is 73.1 Å². The Hall–Kier alpha value is -10.1. The van der Waals surface area contributed by atoms with E-state index in [1.54, 1.807) is 13.8 Å². The summed E-state index contributed by atoms with van der Waals surface area (Å²) in [4.78, 5) is 242. The van der Waals surface area contributed by atoms with Crippen molar-refractivity contribution in [2.75, 3.05) is 39.5 Å². The van der Waals surface area contributed by atoms with Crippen LogP contribution in [0.25, 0.3) is 0 Å². The standard InChI is InChI=1S/C73H110N12O33S3/c1-29(2)23-46(82-66(100)45(78-33(6)86)20-21-53(97)98)67(101)77-30(3)65(99)83-55(32(5)109-73-57(80-35(8)120)63(114-43(16)93)60(111-40(13)90)49(117-73)27-106-38(11)88)70(104)84-54(69(103)76-25-52(96)85-22-18-19-47(85)68(102)75-24-51(74)95)31(4)108-72-58(81-36(9)121)64(115-44(17)94)61(112-41(14)91)50(118-72)28-107-71-56(79-34(7)119)62(113-42(15)92)59(110-39(12)89)48(116-71)26-105-37(10)87/h29-32,45-50,54-64,71-73H,18-28H2,1-17H3,(H2,74,95)(H,75,102)(H,76,103)(H,77,101)(H,78,86)(H,79,119)(H,80,120)(H,81,121)(H,82,100)(H,83,99)(H,84,104)(H,97,98)/t30-,31+,32+,45-,46-,47-,48+,49+,50+,54-,55-,56+,57+,58+,59-,60-,61-,62+,63+,64+,71-,72-,73-/m0/s1. The minimum Gasteiger partial charge on any atom is -0.481 e. The minimum atomic E-state index is -2.22. The Morgan fingerprint density at radius 3 is 1.25 bits per heavy atom. The molecule has 45 nitrogen and oxygen atoms in total. The van der Waals surface area contributed by atoms with Gasteiger partial charge in [-0.2, -0.15) is 0 Å². The number of carboxylic acids is 1. The highest BCUT2D eigenvalue weighted by atomic mass is 32.1. The van der Waals surface area contributed by atoms with Gasteiger partial charge in [0, 0.05) is 75.3 Å². The maximum absolute atomic E-state index is 16.0. The Morgan fingerprint density at radius 2 is 0.851 bits per heavy atom. The number of nitrogens with zero attached hydrogens (tertiary/aromatic N) is 1. The molecule has 678 valence electrons. The molecule has 0 aromatic rings. The Labute approximate surface area is 712 Å². The largest absolute Gasteiger partial charge is 0.481 e. The lowest BCUT2D eigenvalue weighted by molar-refractivity contribution is -0.311. The molecule has 4 aliphatic rings. The molecule has 0 aromatic heterocycles. The van der Waals surface area contributed by atoms with Crippen LogP contribution in [0.15, 0.2) is 0 Å². The molecular formula is C73H110N12O33S3. The zero-order valence-corrected chi connectivity index (χ0v) is 72.3. The van der Waals surface area contributed by atoms with E-state index in [0.29, 0.717) is 0 Å². The number of hydrogen-bond acceptors (Lipinski definition) is 35. The summed E-state index contributed by atoms with van der Waals surface area (Å²) in [5.74, 6) is -18.5. The number of nitrogens with two attached hydrogens (primary N) is 1. The lowest BCUT2D eigenvalue weighted by Gasteiger charge is -2.48. The fourth-order valence-corrected chi connectivity index (χ4v) is 13.7. The van der Waals surface area contributed by atoms with Gasteiger partial charge in [0.15, 0.2) is 55.5 Å². The summed E-state index contributed by atoms with van der Waals surface area (Å²) in [6.45, 7) is 16.3. The lowest BCUT2D eigenvalue weighted by Crippen LogP contribution is -2.69. The molecule has 9 amide bonds. The van der Waals surface area contributed by atoms with Crippen molar-refractivity contribution in [2.45, 2.75) is 290 Å². The summed E-state index contributed by atoms with van der Waals surface area (Å²) in [5.41, 5.74) is 5.28. The van der Waals surface area contributed by atoms with Crippen LogP contribution in [0.3, 0.4) is 0 Å². The molecule has 4 rings (SSSR count). The molecule has 4 saturated heterocycles. The number of likely N-dealkylation sites (tertiary alicyclic amines) is 1. The zero-order valence-electron chi connectivity index (χ0n) is 69.9. The van der Waals surface area contributed by atoms with Gasteiger partial charge in [-0.1, -0.05) is 50.5 Å². The van der Waals surface area contributed by atoms with Gasteiger partial charge in [-0.3, -0.25) is 86.3 Å². The zero-order chi connectivity index (χ0) is 91.3. The fourth-order valence-electron chi connectivity index (χ4n) is 13.3. The highest BCUT2D eigenvalue weighted by molar-refractivity contribution is 7.80. The third-order valence-corrected chi connectivity index (χ3v) is 18.5. The predicted molar refractivity (Wildman–Crippen MR) is 422 cm³/mol. The second kappa shape index (κ2) is 49.1. The second-order valence-corrected chi connectivity index (χ2v) is 30.9. The van der Waals surface area contributed by atoms with Crippen LogP contribution in [0.2, 0.25) is 0 Å². The molecule has 0 spiro atoms. The SMILES string of the molecule is CC(=O)N[C@@H](CCC(=O)O)C(=O)N[C@@H](CC(C)C)C(=O)N[C@@H](C)C(=O)N[C@H](C(=O)N[C@H](C(=O)NCC(=O)N1CCC[C@H]1C(=O)NCC(N)=O)[C@@H](C)O[C@H]1O[C@H](CO[C@H]2O[C@H](COC(C)=O)[C@H](OC(C)=O)[C@H](OC(C)=O)[C@H]2NC(C)=S)[C@H](OC(C)=O)[C@H](OC(C)=O)[C@H]1NC(C)=S)[C@@H](C)O[C@H]1O[C@H](COC(C)=O)[C@H](OC(C)=O)[C@H](OC(C)=O)[C@H]1NC(C)=S. The van der Waals surface area contributed by atoms with Gasteiger partial charge in [-0.15, -0.1) is 0 Å². The van der Waals surface area contributed by atoms with Gasteiger partial charge in [0.25, 0.3) is 0 Å². The summed E-state index contributed by atoms with van der Waals surface area (Å²) in [7, 11) is 0. The Bertz CT molecular complexity index is 3810. The van der Waals surface area contributed by atoms with Crippen LogP contribution in [0, 0.1) is 5.92 Å². The topological polar surface area (TPSA) is 606 Å². The Kier molecular flexibility index (Phi) is 41.9. The molecule has 0 aromatic carbocycles. The van der Waals surface area contributed by atoms with E-state index in [9.17, 15) is 77.0 Å². The average Bonchev–Trinajstić information content (AvgIpc) is 1.53. The number of esters is 8. The van der Waals surface area contributed by atoms with E-state index in [1.165, 1.54) is 34.6 Å². The van der Waals surface area contributed by atoms with Gasteiger partial charge in [0.2, 0.25) is 53.2 Å². The van der Waals surface area contributed by atoms with Crippen LogP contribution >= 0.6 is 36.7 Å². The van der Waals surface area contributed by atoms with E-state index in [0.717, 1.165) is 74.1 Å². The predicted octanol–water partition coefficient (Wildman–Crippen LogP) is -4.30. The first-order chi connectivity index (χ1) is 56.5. The van der Waals surface area contributed by atoms with E-state index in [1.807, 2.05) is 0 Å². The van der Waals surface area contributed by atoms with Crippen molar-refractivity contribution >= 4 is 159 Å². The number of hydrogen-bond donors (Lipinski definition) is 12. The van der Waals surface area contributed by atoms with E-state index in [2.05, 4.69) is 53.2 Å². The summed E-state index contributed by atoms with van der Waals surface area (Å²) in [5, 5.41) is 35.2. The van der Waals surface area contributed by atoms with Crippen LogP contribution in [0.1, 0.15) is 150 Å². The first-order valence-corrected chi connectivity index (χ1v) is 39.5. The molecule has 48 heteroatoms. The smallest absolute Gasteiger partial charge is 0.303 e. The third-order valence-electron chi connectivity index (χ3n) is 18.1. The second-order valence-electron chi connectivity index (χ2n) is 29.1. The summed E-state index contributed by atoms with van der Waals surface area (Å²) < 4.78 is 83.9. The van der Waals surface area contributed by atoms with Gasteiger partial charge in [-0.25, -0.2) is 0 Å². The molecule has 23 atom stereocenters. The van der Waals surface area contributed by atoms with E-state index < -0.39 is 293 Å². The van der Waals surface area contributed by atoms with Crippen LogP contribution < -0.4 is 58.9 Å². The lowest BCUT2D eigenvalue weighted by atomic mass is 9.95. The fraction of sp³-hybridized carbons (Fsp3) is 0.712. The minimum absolute atomic E-state index is 0.0305. The van der Waals surface area contributed by atoms with Crippen molar-refractivity contribution in [1.82, 2.24) is 58.1 Å². The summed E-state index contributed by atoms with van der Waals surface area (Å²) >= 11 is 16.4. The number of carbonyl (C=O) groups is 18. The number of amides is 9. The Morgan fingerprint density at radius 1 is 0.455 bits per heavy atom. The molecule has 0 unspecified atom stereocenters. The maximum atomic E-state index is 16.0. The molecule has 4 aliphatic heterocycles. The van der Waals surface area contributed by atoms with Crippen LogP contribution in [-0.2, 0) is 153 Å². The molecule has 0 saturated carbocycles. The number of ether oxygens (including phenoxy) is 14. The molecule has 0 radical (unpaired) electrons. The molecule has 0 aliphatic carbocycles. The third kappa shape index (κ3) is 34.0. The number of carboxylic acid groups (broad SMARTS) is 1. The van der Waals surface area contributed by atoms with Crippen molar-refractivity contribution in [1.29, 1.82) is 0 Å². The molecule has 121 heavy (non-hydrogen) atoms. The summed E-state index contributed by atoms with van der Waals surface area (Å²) in [6, 6.07) is -15.0. The monoisotopic (exact) mass is 1780 g/mol.